The highest BCUT2D eigenvalue weighted by molar-refractivity contribution is 9.10. The number of nitrogens with one attached hydrogen (secondary N) is 2. The zero-order valence-corrected chi connectivity index (χ0v) is 14.9. The predicted molar refractivity (Wildman–Crippen MR) is 90.8 cm³/mol. The van der Waals surface area contributed by atoms with E-state index >= 15 is 0 Å². The fourth-order valence-electron chi connectivity index (χ4n) is 2.05. The molecule has 4 amide bonds. The third-order valence-electron chi connectivity index (χ3n) is 3.04. The van der Waals surface area contributed by atoms with Crippen LogP contribution in [0.2, 0.25) is 0 Å². The first-order valence-electron chi connectivity index (χ1n) is 7.43. The summed E-state index contributed by atoms with van der Waals surface area (Å²) in [5, 5.41) is 4.06. The minimum Gasteiger partial charge on any atom is -0.490 e. The van der Waals surface area contributed by atoms with Crippen molar-refractivity contribution < 1.29 is 23.9 Å². The van der Waals surface area contributed by atoms with Crippen LogP contribution < -0.4 is 20.1 Å². The summed E-state index contributed by atoms with van der Waals surface area (Å²) in [5.74, 6) is -0.429. The van der Waals surface area contributed by atoms with Gasteiger partial charge in [0, 0.05) is 0 Å². The third kappa shape index (κ3) is 4.14. The van der Waals surface area contributed by atoms with Crippen molar-refractivity contribution in [3.05, 3.63) is 27.7 Å². The summed E-state index contributed by atoms with van der Waals surface area (Å²) in [6, 6.07) is 2.54. The van der Waals surface area contributed by atoms with Gasteiger partial charge in [0.1, 0.15) is 5.57 Å². The first-order chi connectivity index (χ1) is 11.5. The summed E-state index contributed by atoms with van der Waals surface area (Å²) in [6.45, 7) is 4.81. The highest BCUT2D eigenvalue weighted by Crippen LogP contribution is 2.37. The molecule has 1 aromatic rings. The summed E-state index contributed by atoms with van der Waals surface area (Å²) in [4.78, 5) is 34.7. The van der Waals surface area contributed by atoms with Gasteiger partial charge in [-0.25, -0.2) is 4.79 Å². The number of benzene rings is 1. The van der Waals surface area contributed by atoms with Crippen molar-refractivity contribution in [3.63, 3.8) is 0 Å². The second-order valence-electron chi connectivity index (χ2n) is 4.91. The molecule has 8 heteroatoms. The Morgan fingerprint density at radius 3 is 2.33 bits per heavy atom. The molecule has 7 nitrogen and oxygen atoms in total. The number of carbonyl (C=O) groups excluding carboxylic acids is 3. The van der Waals surface area contributed by atoms with E-state index in [1.54, 1.807) is 12.1 Å². The quantitative estimate of drug-likeness (QED) is 0.568. The Labute approximate surface area is 147 Å². The molecule has 2 N–H and O–H groups in total. The molecule has 0 aromatic heterocycles. The fourth-order valence-corrected chi connectivity index (χ4v) is 2.63. The highest BCUT2D eigenvalue weighted by atomic mass is 79.9. The minimum absolute atomic E-state index is 0.161. The molecule has 0 bridgehead atoms. The molecule has 1 aromatic carbocycles. The first-order valence-corrected chi connectivity index (χ1v) is 8.23. The van der Waals surface area contributed by atoms with Crippen LogP contribution in [0.15, 0.2) is 22.2 Å². The molecule has 0 atom stereocenters. The Hall–Kier alpha value is -2.35. The number of barbiturate groups is 1. The molecule has 0 unspecified atom stereocenters. The van der Waals surface area contributed by atoms with Crippen molar-refractivity contribution in [2.24, 2.45) is 0 Å². The Balaban J connectivity index is 2.40. The summed E-state index contributed by atoms with van der Waals surface area (Å²) < 4.78 is 11.9. The van der Waals surface area contributed by atoms with E-state index in [9.17, 15) is 14.4 Å². The van der Waals surface area contributed by atoms with Crippen LogP contribution in [0.25, 0.3) is 6.08 Å². The van der Waals surface area contributed by atoms with Gasteiger partial charge in [-0.3, -0.25) is 20.2 Å². The van der Waals surface area contributed by atoms with Crippen molar-refractivity contribution in [2.45, 2.75) is 20.3 Å². The Morgan fingerprint density at radius 1 is 1.08 bits per heavy atom. The van der Waals surface area contributed by atoms with E-state index in [0.717, 1.165) is 6.42 Å². The molecule has 1 heterocycles. The predicted octanol–water partition coefficient (Wildman–Crippen LogP) is 2.39. The van der Waals surface area contributed by atoms with Gasteiger partial charge in [-0.05, 0) is 53.0 Å². The maximum atomic E-state index is 11.8. The number of amides is 4. The van der Waals surface area contributed by atoms with E-state index in [0.29, 0.717) is 34.7 Å². The van der Waals surface area contributed by atoms with Crippen LogP contribution in [0.4, 0.5) is 4.79 Å². The van der Waals surface area contributed by atoms with E-state index < -0.39 is 17.8 Å². The van der Waals surface area contributed by atoms with Gasteiger partial charge in [-0.15, -0.1) is 0 Å². The van der Waals surface area contributed by atoms with Gasteiger partial charge < -0.3 is 9.47 Å². The van der Waals surface area contributed by atoms with Crippen molar-refractivity contribution in [3.8, 4) is 11.5 Å². The molecule has 24 heavy (non-hydrogen) atoms. The average molecular weight is 397 g/mol. The van der Waals surface area contributed by atoms with Gasteiger partial charge in [0.25, 0.3) is 11.8 Å². The van der Waals surface area contributed by atoms with Gasteiger partial charge >= 0.3 is 6.03 Å². The Kier molecular flexibility index (Phi) is 5.97. The third-order valence-corrected chi connectivity index (χ3v) is 3.63. The molecule has 0 radical (unpaired) electrons. The van der Waals surface area contributed by atoms with Crippen LogP contribution in [-0.4, -0.2) is 31.1 Å². The number of hydrogen-bond donors (Lipinski definition) is 2. The average Bonchev–Trinajstić information content (AvgIpc) is 2.50. The second kappa shape index (κ2) is 7.96. The molecular formula is C16H17BrN2O5. The zero-order valence-electron chi connectivity index (χ0n) is 13.3. The molecule has 0 saturated carbocycles. The molecule has 1 aliphatic rings. The van der Waals surface area contributed by atoms with E-state index in [-0.39, 0.29) is 5.57 Å². The van der Waals surface area contributed by atoms with Crippen LogP contribution >= 0.6 is 15.9 Å². The number of carbonyl (C=O) groups is 3. The van der Waals surface area contributed by atoms with E-state index in [4.69, 9.17) is 9.47 Å². The number of hydrogen-bond acceptors (Lipinski definition) is 5. The van der Waals surface area contributed by atoms with Crippen molar-refractivity contribution in [2.75, 3.05) is 13.2 Å². The lowest BCUT2D eigenvalue weighted by molar-refractivity contribution is -0.123. The van der Waals surface area contributed by atoms with Crippen molar-refractivity contribution in [1.82, 2.24) is 10.6 Å². The lowest BCUT2D eigenvalue weighted by atomic mass is 10.1. The van der Waals surface area contributed by atoms with Crippen molar-refractivity contribution in [1.29, 1.82) is 0 Å². The summed E-state index contributed by atoms with van der Waals surface area (Å²) >= 11 is 3.41. The first kappa shape index (κ1) is 18.0. The maximum absolute atomic E-state index is 11.8. The monoisotopic (exact) mass is 396 g/mol. The van der Waals surface area contributed by atoms with Gasteiger partial charge in [0.2, 0.25) is 0 Å². The molecule has 128 valence electrons. The fraction of sp³-hybridized carbons (Fsp3) is 0.312. The van der Waals surface area contributed by atoms with Crippen LogP contribution in [0.5, 0.6) is 11.5 Å². The molecule has 0 spiro atoms. The zero-order chi connectivity index (χ0) is 17.7. The number of imide groups is 2. The minimum atomic E-state index is -0.832. The number of ether oxygens (including phenoxy) is 2. The molecule has 2 rings (SSSR count). The number of rotatable bonds is 6. The Morgan fingerprint density at radius 2 is 1.75 bits per heavy atom. The van der Waals surface area contributed by atoms with Gasteiger partial charge in [0.15, 0.2) is 11.5 Å². The molecule has 0 aliphatic carbocycles. The number of halogens is 1. The molecule has 1 fully saturated rings. The van der Waals surface area contributed by atoms with Gasteiger partial charge in [0.05, 0.1) is 17.7 Å². The smallest absolute Gasteiger partial charge is 0.328 e. The normalized spacial score (nSPS) is 14.1. The topological polar surface area (TPSA) is 93.7 Å². The standard InChI is InChI=1S/C16H17BrN2O5/c1-3-5-24-13-11(17)7-9(8-12(13)23-4-2)6-10-14(20)18-16(22)19-15(10)21/h6-8H,3-5H2,1-2H3,(H2,18,19,20,21,22). The van der Waals surface area contributed by atoms with Crippen molar-refractivity contribution >= 4 is 39.9 Å². The van der Waals surface area contributed by atoms with Gasteiger partial charge in [-0.1, -0.05) is 6.92 Å². The highest BCUT2D eigenvalue weighted by Gasteiger charge is 2.27. The van der Waals surface area contributed by atoms with Crippen LogP contribution in [0.3, 0.4) is 0 Å². The van der Waals surface area contributed by atoms with Crippen LogP contribution in [0.1, 0.15) is 25.8 Å². The number of urea groups is 1. The molecule has 1 saturated heterocycles. The van der Waals surface area contributed by atoms with Crippen LogP contribution in [0, 0.1) is 0 Å². The maximum Gasteiger partial charge on any atom is 0.328 e. The SMILES string of the molecule is CCCOc1c(Br)cc(C=C2C(=O)NC(=O)NC2=O)cc1OCC. The molecule has 1 aliphatic heterocycles. The van der Waals surface area contributed by atoms with E-state index in [1.807, 2.05) is 24.5 Å². The van der Waals surface area contributed by atoms with Gasteiger partial charge in [-0.2, -0.15) is 0 Å². The van der Waals surface area contributed by atoms with Crippen LogP contribution in [-0.2, 0) is 9.59 Å². The molecular weight excluding hydrogens is 380 g/mol. The largest absolute Gasteiger partial charge is 0.490 e. The second-order valence-corrected chi connectivity index (χ2v) is 5.76. The lowest BCUT2D eigenvalue weighted by Gasteiger charge is -2.16. The summed E-state index contributed by atoms with van der Waals surface area (Å²) in [6.07, 6.45) is 2.23. The van der Waals surface area contributed by atoms with E-state index in [1.165, 1.54) is 6.08 Å². The summed E-state index contributed by atoms with van der Waals surface area (Å²) in [5.41, 5.74) is 0.398. The Bertz CT molecular complexity index is 693. The lowest BCUT2D eigenvalue weighted by Crippen LogP contribution is -2.51. The summed E-state index contributed by atoms with van der Waals surface area (Å²) in [7, 11) is 0. The van der Waals surface area contributed by atoms with E-state index in [2.05, 4.69) is 15.9 Å².